The van der Waals surface area contributed by atoms with Crippen LogP contribution in [0.3, 0.4) is 0 Å². The van der Waals surface area contributed by atoms with E-state index in [0.717, 1.165) is 31.7 Å². The normalized spacial score (nSPS) is 18.0. The van der Waals surface area contributed by atoms with Crippen molar-refractivity contribution in [2.24, 2.45) is 0 Å². The van der Waals surface area contributed by atoms with Gasteiger partial charge in [-0.25, -0.2) is 0 Å². The largest absolute Gasteiger partial charge is 0.351 e. The van der Waals surface area contributed by atoms with Crippen LogP contribution in [0.15, 0.2) is 30.7 Å². The highest BCUT2D eigenvalue weighted by atomic mass is 16.1. The molecule has 1 amide bonds. The zero-order valence-electron chi connectivity index (χ0n) is 14.4. The van der Waals surface area contributed by atoms with Gasteiger partial charge in [0.25, 0.3) is 0 Å². The summed E-state index contributed by atoms with van der Waals surface area (Å²) in [5.74, 6) is -0.0300. The van der Waals surface area contributed by atoms with Crippen molar-refractivity contribution in [3.05, 3.63) is 47.5 Å². The molecule has 1 fully saturated rings. The van der Waals surface area contributed by atoms with Crippen LogP contribution in [-0.2, 0) is 24.4 Å². The van der Waals surface area contributed by atoms with E-state index in [1.54, 1.807) is 0 Å². The van der Waals surface area contributed by atoms with Crippen LogP contribution in [0, 0.1) is 0 Å². The van der Waals surface area contributed by atoms with E-state index in [2.05, 4.69) is 45.6 Å². The van der Waals surface area contributed by atoms with Crippen LogP contribution in [0.25, 0.3) is 0 Å². The molecule has 1 N–H and O–H groups in total. The lowest BCUT2D eigenvalue weighted by Crippen LogP contribution is -2.23. The molecular formula is C18H25N5O. The average Bonchev–Trinajstić information content (AvgIpc) is 3.23. The molecule has 2 aromatic heterocycles. The van der Waals surface area contributed by atoms with Crippen LogP contribution >= 0.6 is 0 Å². The molecule has 24 heavy (non-hydrogen) atoms. The third-order valence-electron chi connectivity index (χ3n) is 4.50. The lowest BCUT2D eigenvalue weighted by Gasteiger charge is -2.24. The van der Waals surface area contributed by atoms with Crippen LogP contribution in [0.4, 0.5) is 0 Å². The second kappa shape index (κ2) is 7.57. The van der Waals surface area contributed by atoms with E-state index >= 15 is 0 Å². The van der Waals surface area contributed by atoms with Crippen LogP contribution < -0.4 is 5.32 Å². The molecule has 128 valence electrons. The van der Waals surface area contributed by atoms with Crippen molar-refractivity contribution < 1.29 is 4.79 Å². The Morgan fingerprint density at radius 1 is 1.46 bits per heavy atom. The van der Waals surface area contributed by atoms with Crippen LogP contribution in [0.1, 0.15) is 49.6 Å². The van der Waals surface area contributed by atoms with Gasteiger partial charge in [-0.2, -0.15) is 5.10 Å². The predicted molar refractivity (Wildman–Crippen MR) is 92.0 cm³/mol. The summed E-state index contributed by atoms with van der Waals surface area (Å²) < 4.78 is 1.97. The SMILES string of the molecule is CCn1cc(CN2CCC[C@H]2c2ccnc(CNC(C)=O)c2)cn1. The van der Waals surface area contributed by atoms with Gasteiger partial charge >= 0.3 is 0 Å². The number of aromatic nitrogens is 3. The zero-order valence-corrected chi connectivity index (χ0v) is 14.4. The third-order valence-corrected chi connectivity index (χ3v) is 4.50. The molecule has 0 radical (unpaired) electrons. The fourth-order valence-corrected chi connectivity index (χ4v) is 3.30. The summed E-state index contributed by atoms with van der Waals surface area (Å²) in [4.78, 5) is 18.0. The molecular weight excluding hydrogens is 302 g/mol. The lowest BCUT2D eigenvalue weighted by molar-refractivity contribution is -0.119. The van der Waals surface area contributed by atoms with Crippen LogP contribution in [-0.4, -0.2) is 32.1 Å². The highest BCUT2D eigenvalue weighted by molar-refractivity contribution is 5.72. The van der Waals surface area contributed by atoms with Gasteiger partial charge in [0.2, 0.25) is 5.91 Å². The van der Waals surface area contributed by atoms with Gasteiger partial charge in [0.05, 0.1) is 18.4 Å². The molecule has 0 spiro atoms. The second-order valence-electron chi connectivity index (χ2n) is 6.32. The number of carbonyl (C=O) groups excluding carboxylic acids is 1. The maximum Gasteiger partial charge on any atom is 0.217 e. The fraction of sp³-hybridized carbons (Fsp3) is 0.500. The standard InChI is InChI=1S/C18H25N5O/c1-3-23-13-15(10-21-23)12-22-8-4-5-18(22)16-6-7-19-17(9-16)11-20-14(2)24/h6-7,9-10,13,18H,3-5,8,11-12H2,1-2H3,(H,20,24)/t18-/m0/s1. The van der Waals surface area contributed by atoms with Crippen molar-refractivity contribution in [1.29, 1.82) is 0 Å². The van der Waals surface area contributed by atoms with Gasteiger partial charge in [-0.3, -0.25) is 19.4 Å². The van der Waals surface area contributed by atoms with Crippen molar-refractivity contribution in [3.63, 3.8) is 0 Å². The number of nitrogens with zero attached hydrogens (tertiary/aromatic N) is 4. The van der Waals surface area contributed by atoms with Gasteiger partial charge in [0, 0.05) is 44.0 Å². The summed E-state index contributed by atoms with van der Waals surface area (Å²) in [5, 5.41) is 7.18. The number of hydrogen-bond donors (Lipinski definition) is 1. The van der Waals surface area contributed by atoms with Gasteiger partial charge in [0.1, 0.15) is 0 Å². The maximum atomic E-state index is 11.1. The average molecular weight is 327 g/mol. The minimum Gasteiger partial charge on any atom is -0.351 e. The number of amides is 1. The van der Waals surface area contributed by atoms with E-state index in [-0.39, 0.29) is 5.91 Å². The monoisotopic (exact) mass is 327 g/mol. The maximum absolute atomic E-state index is 11.1. The molecule has 6 heteroatoms. The van der Waals surface area contributed by atoms with Gasteiger partial charge in [-0.1, -0.05) is 0 Å². The van der Waals surface area contributed by atoms with E-state index in [1.807, 2.05) is 17.1 Å². The second-order valence-corrected chi connectivity index (χ2v) is 6.32. The zero-order chi connectivity index (χ0) is 16.9. The quantitative estimate of drug-likeness (QED) is 0.884. The summed E-state index contributed by atoms with van der Waals surface area (Å²) in [6, 6.07) is 4.62. The summed E-state index contributed by atoms with van der Waals surface area (Å²) in [6.07, 6.45) is 8.30. The molecule has 0 aliphatic carbocycles. The smallest absolute Gasteiger partial charge is 0.217 e. The summed E-state index contributed by atoms with van der Waals surface area (Å²) in [7, 11) is 0. The van der Waals surface area contributed by atoms with Gasteiger partial charge in [-0.15, -0.1) is 0 Å². The Hall–Kier alpha value is -2.21. The molecule has 0 aromatic carbocycles. The van der Waals surface area contributed by atoms with Crippen LogP contribution in [0.5, 0.6) is 0 Å². The van der Waals surface area contributed by atoms with Crippen molar-refractivity contribution in [2.75, 3.05) is 6.54 Å². The van der Waals surface area contributed by atoms with E-state index in [9.17, 15) is 4.79 Å². The molecule has 6 nitrogen and oxygen atoms in total. The van der Waals surface area contributed by atoms with E-state index < -0.39 is 0 Å². The molecule has 1 aliphatic rings. The topological polar surface area (TPSA) is 63.1 Å². The molecule has 1 saturated heterocycles. The fourth-order valence-electron chi connectivity index (χ4n) is 3.30. The van der Waals surface area contributed by atoms with E-state index in [0.29, 0.717) is 12.6 Å². The summed E-state index contributed by atoms with van der Waals surface area (Å²) in [5.41, 5.74) is 3.45. The first-order valence-electron chi connectivity index (χ1n) is 8.60. The number of carbonyl (C=O) groups is 1. The molecule has 3 rings (SSSR count). The molecule has 1 atom stereocenters. The van der Waals surface area contributed by atoms with Gasteiger partial charge in [-0.05, 0) is 44.0 Å². The highest BCUT2D eigenvalue weighted by Gasteiger charge is 2.26. The number of likely N-dealkylation sites (tertiary alicyclic amines) is 1. The molecule has 3 heterocycles. The number of nitrogens with one attached hydrogen (secondary N) is 1. The first-order chi connectivity index (χ1) is 11.7. The summed E-state index contributed by atoms with van der Waals surface area (Å²) >= 11 is 0. The van der Waals surface area contributed by atoms with Gasteiger partial charge in [0.15, 0.2) is 0 Å². The van der Waals surface area contributed by atoms with Gasteiger partial charge < -0.3 is 5.32 Å². The van der Waals surface area contributed by atoms with Crippen molar-refractivity contribution in [1.82, 2.24) is 25.0 Å². The number of rotatable bonds is 6. The predicted octanol–water partition coefficient (Wildman–Crippen LogP) is 2.27. The van der Waals surface area contributed by atoms with Crippen LogP contribution in [0.2, 0.25) is 0 Å². The van der Waals surface area contributed by atoms with E-state index in [4.69, 9.17) is 0 Å². The molecule has 2 aromatic rings. The number of aryl methyl sites for hydroxylation is 1. The first-order valence-corrected chi connectivity index (χ1v) is 8.60. The number of hydrogen-bond acceptors (Lipinski definition) is 4. The molecule has 0 saturated carbocycles. The first kappa shape index (κ1) is 16.6. The van der Waals surface area contributed by atoms with E-state index in [1.165, 1.54) is 24.5 Å². The Labute approximate surface area is 142 Å². The molecule has 1 aliphatic heterocycles. The number of pyridine rings is 1. The van der Waals surface area contributed by atoms with Crippen molar-refractivity contribution in [2.45, 2.75) is 52.4 Å². The minimum absolute atomic E-state index is 0.0300. The Kier molecular flexibility index (Phi) is 5.25. The Morgan fingerprint density at radius 2 is 2.33 bits per heavy atom. The summed E-state index contributed by atoms with van der Waals surface area (Å²) in [6.45, 7) is 7.04. The molecule has 0 unspecified atom stereocenters. The third kappa shape index (κ3) is 4.00. The Bertz CT molecular complexity index is 696. The Balaban J connectivity index is 1.70. The molecule has 0 bridgehead atoms. The van der Waals surface area contributed by atoms with Crippen molar-refractivity contribution >= 4 is 5.91 Å². The van der Waals surface area contributed by atoms with Crippen molar-refractivity contribution in [3.8, 4) is 0 Å². The Morgan fingerprint density at radius 3 is 3.08 bits per heavy atom. The highest BCUT2D eigenvalue weighted by Crippen LogP contribution is 2.33. The lowest BCUT2D eigenvalue weighted by atomic mass is 10.0. The minimum atomic E-state index is -0.0300.